The van der Waals surface area contributed by atoms with E-state index in [-0.39, 0.29) is 11.6 Å². The lowest BCUT2D eigenvalue weighted by molar-refractivity contribution is -0.118. The van der Waals surface area contributed by atoms with Gasteiger partial charge in [0.1, 0.15) is 11.6 Å². The number of carbonyl (C=O) groups is 1. The number of carbonyl (C=O) groups excluding carboxylic acids is 1. The highest BCUT2D eigenvalue weighted by Gasteiger charge is 2.12. The summed E-state index contributed by atoms with van der Waals surface area (Å²) in [5.41, 5.74) is 1.85. The maximum atomic E-state index is 13.5. The molecule has 16 heavy (non-hydrogen) atoms. The first-order valence-electron chi connectivity index (χ1n) is 5.28. The zero-order chi connectivity index (χ0) is 11.5. The summed E-state index contributed by atoms with van der Waals surface area (Å²) >= 11 is 3.33. The van der Waals surface area contributed by atoms with Gasteiger partial charge in [-0.05, 0) is 36.6 Å². The Bertz CT molecular complexity index is 451. The van der Waals surface area contributed by atoms with Crippen LogP contribution in [-0.2, 0) is 11.2 Å². The molecular formula is C13H12BrFO. The highest BCUT2D eigenvalue weighted by Crippen LogP contribution is 2.23. The molecule has 0 radical (unpaired) electrons. The van der Waals surface area contributed by atoms with Crippen LogP contribution in [0.3, 0.4) is 0 Å². The zero-order valence-corrected chi connectivity index (χ0v) is 10.4. The molecule has 1 aliphatic carbocycles. The van der Waals surface area contributed by atoms with Gasteiger partial charge in [-0.1, -0.05) is 27.6 Å². The molecule has 0 bridgehead atoms. The molecule has 0 aromatic heterocycles. The van der Waals surface area contributed by atoms with Gasteiger partial charge in [-0.3, -0.25) is 4.79 Å². The Hall–Kier alpha value is -0.960. The number of hydrogen-bond acceptors (Lipinski definition) is 1. The Morgan fingerprint density at radius 2 is 2.12 bits per heavy atom. The predicted octanol–water partition coefficient (Wildman–Crippen LogP) is 3.81. The number of benzene rings is 1. The fraction of sp³-hybridized carbons (Fsp3) is 0.308. The van der Waals surface area contributed by atoms with Crippen LogP contribution >= 0.6 is 15.9 Å². The van der Waals surface area contributed by atoms with Crippen molar-refractivity contribution in [1.82, 2.24) is 0 Å². The van der Waals surface area contributed by atoms with Crippen molar-refractivity contribution in [3.05, 3.63) is 45.7 Å². The van der Waals surface area contributed by atoms with Gasteiger partial charge in [-0.2, -0.15) is 0 Å². The van der Waals surface area contributed by atoms with Crippen LogP contribution in [0.2, 0.25) is 0 Å². The fourth-order valence-electron chi connectivity index (χ4n) is 1.85. The third kappa shape index (κ3) is 2.79. The summed E-state index contributed by atoms with van der Waals surface area (Å²) in [7, 11) is 0. The lowest BCUT2D eigenvalue weighted by atomic mass is 9.93. The summed E-state index contributed by atoms with van der Waals surface area (Å²) in [4.78, 5) is 11.1. The molecule has 1 aromatic rings. The number of hydrogen-bond donors (Lipinski definition) is 0. The minimum atomic E-state index is -0.180. The van der Waals surface area contributed by atoms with Gasteiger partial charge < -0.3 is 0 Å². The molecule has 0 unspecified atom stereocenters. The van der Waals surface area contributed by atoms with E-state index in [1.54, 1.807) is 12.1 Å². The van der Waals surface area contributed by atoms with Crippen molar-refractivity contribution in [2.24, 2.45) is 0 Å². The van der Waals surface area contributed by atoms with E-state index < -0.39 is 0 Å². The third-order valence-corrected chi connectivity index (χ3v) is 3.26. The normalized spacial score (nSPS) is 16.1. The second-order valence-electron chi connectivity index (χ2n) is 4.02. The van der Waals surface area contributed by atoms with E-state index >= 15 is 0 Å². The molecular weight excluding hydrogens is 271 g/mol. The molecule has 0 N–H and O–H groups in total. The second kappa shape index (κ2) is 4.91. The molecule has 0 heterocycles. The van der Waals surface area contributed by atoms with Crippen molar-refractivity contribution in [2.45, 2.75) is 25.7 Å². The molecule has 84 valence electrons. The van der Waals surface area contributed by atoms with Crippen LogP contribution in [0.5, 0.6) is 0 Å². The van der Waals surface area contributed by atoms with E-state index in [0.717, 1.165) is 16.5 Å². The lowest BCUT2D eigenvalue weighted by Gasteiger charge is -2.12. The first kappa shape index (κ1) is 11.5. The lowest BCUT2D eigenvalue weighted by Crippen LogP contribution is -2.06. The molecule has 0 aliphatic heterocycles. The second-order valence-corrected chi connectivity index (χ2v) is 4.93. The number of ketones is 1. The number of allylic oxidation sites excluding steroid dienone is 2. The largest absolute Gasteiger partial charge is 0.299 e. The average molecular weight is 283 g/mol. The molecule has 1 nitrogen and oxygen atoms in total. The molecule has 0 spiro atoms. The van der Waals surface area contributed by atoms with Crippen molar-refractivity contribution >= 4 is 21.7 Å². The molecule has 0 amide bonds. The van der Waals surface area contributed by atoms with E-state index in [1.165, 1.54) is 6.07 Å². The maximum Gasteiger partial charge on any atom is 0.136 e. The van der Waals surface area contributed by atoms with Crippen LogP contribution in [-0.4, -0.2) is 5.78 Å². The predicted molar refractivity (Wildman–Crippen MR) is 64.7 cm³/mol. The van der Waals surface area contributed by atoms with Crippen LogP contribution in [0, 0.1) is 5.82 Å². The highest BCUT2D eigenvalue weighted by molar-refractivity contribution is 9.10. The molecule has 1 aliphatic rings. The summed E-state index contributed by atoms with van der Waals surface area (Å²) in [5.74, 6) is 0.0967. The van der Waals surface area contributed by atoms with Crippen molar-refractivity contribution in [3.63, 3.8) is 0 Å². The Balaban J connectivity index is 2.15. The van der Waals surface area contributed by atoms with Crippen molar-refractivity contribution in [3.8, 4) is 0 Å². The van der Waals surface area contributed by atoms with E-state index in [0.29, 0.717) is 24.8 Å². The van der Waals surface area contributed by atoms with Gasteiger partial charge in [0.15, 0.2) is 0 Å². The van der Waals surface area contributed by atoms with Crippen LogP contribution in [0.1, 0.15) is 24.8 Å². The quantitative estimate of drug-likeness (QED) is 0.754. The van der Waals surface area contributed by atoms with Crippen molar-refractivity contribution < 1.29 is 9.18 Å². The van der Waals surface area contributed by atoms with Crippen LogP contribution in [0.25, 0.3) is 0 Å². The first-order chi connectivity index (χ1) is 7.65. The Labute approximate surface area is 102 Å². The molecule has 0 saturated heterocycles. The van der Waals surface area contributed by atoms with Crippen molar-refractivity contribution in [2.75, 3.05) is 0 Å². The Morgan fingerprint density at radius 3 is 2.81 bits per heavy atom. The van der Waals surface area contributed by atoms with Gasteiger partial charge in [0, 0.05) is 17.3 Å². The summed E-state index contributed by atoms with van der Waals surface area (Å²) in [5, 5.41) is 0. The minimum Gasteiger partial charge on any atom is -0.299 e. The van der Waals surface area contributed by atoms with Gasteiger partial charge in [0.05, 0.1) is 0 Å². The standard InChI is InChI=1S/C13H12BrFO/c14-11-3-6-13(15)10(8-11)7-9-1-4-12(16)5-2-9/h1,3,6,8H,2,4-5,7H2. The summed E-state index contributed by atoms with van der Waals surface area (Å²) in [6.45, 7) is 0. The number of halogens is 2. The van der Waals surface area contributed by atoms with Crippen LogP contribution < -0.4 is 0 Å². The Kier molecular flexibility index (Phi) is 3.54. The van der Waals surface area contributed by atoms with Gasteiger partial charge in [0.2, 0.25) is 0 Å². The average Bonchev–Trinajstić information content (AvgIpc) is 2.27. The molecule has 0 fully saturated rings. The van der Waals surface area contributed by atoms with Crippen LogP contribution in [0.4, 0.5) is 4.39 Å². The van der Waals surface area contributed by atoms with Gasteiger partial charge in [-0.25, -0.2) is 4.39 Å². The molecule has 0 atom stereocenters. The van der Waals surface area contributed by atoms with E-state index in [2.05, 4.69) is 15.9 Å². The van der Waals surface area contributed by atoms with Crippen LogP contribution in [0.15, 0.2) is 34.3 Å². The van der Waals surface area contributed by atoms with E-state index in [1.807, 2.05) is 6.08 Å². The maximum absolute atomic E-state index is 13.5. The van der Waals surface area contributed by atoms with Gasteiger partial charge in [-0.15, -0.1) is 0 Å². The minimum absolute atomic E-state index is 0.180. The monoisotopic (exact) mass is 282 g/mol. The SMILES string of the molecule is O=C1CC=C(Cc2cc(Br)ccc2F)CC1. The fourth-order valence-corrected chi connectivity index (χ4v) is 2.25. The topological polar surface area (TPSA) is 17.1 Å². The number of rotatable bonds is 2. The first-order valence-corrected chi connectivity index (χ1v) is 6.08. The smallest absolute Gasteiger partial charge is 0.136 e. The van der Waals surface area contributed by atoms with Gasteiger partial charge >= 0.3 is 0 Å². The molecule has 2 rings (SSSR count). The third-order valence-electron chi connectivity index (χ3n) is 2.77. The summed E-state index contributed by atoms with van der Waals surface area (Å²) < 4.78 is 14.4. The van der Waals surface area contributed by atoms with E-state index in [9.17, 15) is 9.18 Å². The highest BCUT2D eigenvalue weighted by atomic mass is 79.9. The van der Waals surface area contributed by atoms with E-state index in [4.69, 9.17) is 0 Å². The molecule has 1 aromatic carbocycles. The summed E-state index contributed by atoms with van der Waals surface area (Å²) in [6, 6.07) is 4.96. The Morgan fingerprint density at radius 1 is 1.31 bits per heavy atom. The zero-order valence-electron chi connectivity index (χ0n) is 8.80. The molecule has 3 heteroatoms. The molecule has 0 saturated carbocycles. The summed E-state index contributed by atoms with van der Waals surface area (Å²) in [6.07, 6.45) is 4.42. The van der Waals surface area contributed by atoms with Crippen molar-refractivity contribution in [1.29, 1.82) is 0 Å². The van der Waals surface area contributed by atoms with Gasteiger partial charge in [0.25, 0.3) is 0 Å². The number of Topliss-reactive ketones (excluding diaryl/α,β-unsaturated/α-hetero) is 1.